The Morgan fingerprint density at radius 1 is 1.26 bits per heavy atom. The van der Waals surface area contributed by atoms with E-state index in [-0.39, 0.29) is 24.0 Å². The monoisotopic (exact) mass is 388 g/mol. The first-order valence-corrected chi connectivity index (χ1v) is 9.04. The summed E-state index contributed by atoms with van der Waals surface area (Å²) >= 11 is 6.16. The summed E-state index contributed by atoms with van der Waals surface area (Å²) in [5, 5.41) is 8.96. The second-order valence-corrected chi connectivity index (χ2v) is 6.72. The van der Waals surface area contributed by atoms with Gasteiger partial charge in [-0.05, 0) is 25.1 Å². The fraction of sp³-hybridized carbons (Fsp3) is 0.316. The fourth-order valence-electron chi connectivity index (χ4n) is 2.99. The fourth-order valence-corrected chi connectivity index (χ4v) is 3.22. The first-order chi connectivity index (χ1) is 12.9. The van der Waals surface area contributed by atoms with E-state index in [9.17, 15) is 9.59 Å². The Kier molecular flexibility index (Phi) is 5.81. The van der Waals surface area contributed by atoms with Crippen LogP contribution in [0.5, 0.6) is 5.75 Å². The van der Waals surface area contributed by atoms with Crippen molar-refractivity contribution in [1.29, 1.82) is 0 Å². The maximum Gasteiger partial charge on any atom is 0.320 e. The third-order valence-electron chi connectivity index (χ3n) is 4.21. The van der Waals surface area contributed by atoms with E-state index < -0.39 is 0 Å². The molecule has 3 N–H and O–H groups in total. The van der Waals surface area contributed by atoms with Gasteiger partial charge in [0.1, 0.15) is 11.6 Å². The van der Waals surface area contributed by atoms with E-state index in [1.165, 1.54) is 6.92 Å². The number of pyridine rings is 1. The average Bonchev–Trinajstić information content (AvgIpc) is 2.62. The molecule has 8 heteroatoms. The van der Waals surface area contributed by atoms with Crippen LogP contribution in [0.2, 0.25) is 5.02 Å². The maximum absolute atomic E-state index is 12.4. The van der Waals surface area contributed by atoms with Gasteiger partial charge in [0.2, 0.25) is 5.91 Å². The van der Waals surface area contributed by atoms with Crippen LogP contribution in [0.4, 0.5) is 10.6 Å². The van der Waals surface area contributed by atoms with Gasteiger partial charge in [-0.25, -0.2) is 9.78 Å². The summed E-state index contributed by atoms with van der Waals surface area (Å²) in [4.78, 5) is 28.0. The molecule has 0 saturated carbocycles. The number of aromatic nitrogens is 1. The number of hydrogen-bond acceptors (Lipinski definition) is 4. The number of benzene rings is 1. The molecule has 0 saturated heterocycles. The number of halogens is 1. The molecule has 1 aliphatic heterocycles. The van der Waals surface area contributed by atoms with Crippen LogP contribution in [0.3, 0.4) is 0 Å². The molecule has 3 amide bonds. The molecule has 0 fully saturated rings. The lowest BCUT2D eigenvalue weighted by Crippen LogP contribution is -2.35. The summed E-state index contributed by atoms with van der Waals surface area (Å²) < 4.78 is 5.61. The van der Waals surface area contributed by atoms with Gasteiger partial charge in [0.25, 0.3) is 0 Å². The Morgan fingerprint density at radius 2 is 2.04 bits per heavy atom. The molecule has 7 nitrogen and oxygen atoms in total. The van der Waals surface area contributed by atoms with Crippen LogP contribution < -0.4 is 20.7 Å². The highest BCUT2D eigenvalue weighted by Crippen LogP contribution is 2.37. The molecule has 2 aromatic rings. The Balaban J connectivity index is 1.67. The summed E-state index contributed by atoms with van der Waals surface area (Å²) in [6, 6.07) is 9.92. The van der Waals surface area contributed by atoms with Crippen molar-refractivity contribution in [1.82, 2.24) is 15.6 Å². The van der Waals surface area contributed by atoms with Crippen LogP contribution in [0.1, 0.15) is 43.6 Å². The Labute approximate surface area is 162 Å². The number of ether oxygens (including phenoxy) is 1. The minimum Gasteiger partial charge on any atom is -0.492 e. The number of urea groups is 1. The van der Waals surface area contributed by atoms with Gasteiger partial charge in [-0.2, -0.15) is 0 Å². The molecule has 0 unspecified atom stereocenters. The smallest absolute Gasteiger partial charge is 0.320 e. The second-order valence-electron chi connectivity index (χ2n) is 6.32. The van der Waals surface area contributed by atoms with Gasteiger partial charge in [0.15, 0.2) is 0 Å². The van der Waals surface area contributed by atoms with Crippen LogP contribution in [-0.4, -0.2) is 23.5 Å². The lowest BCUT2D eigenvalue weighted by molar-refractivity contribution is -0.119. The summed E-state index contributed by atoms with van der Waals surface area (Å²) in [6.45, 7) is 3.75. The quantitative estimate of drug-likeness (QED) is 0.746. The molecule has 0 spiro atoms. The van der Waals surface area contributed by atoms with Crippen LogP contribution >= 0.6 is 11.6 Å². The number of rotatable bonds is 4. The third-order valence-corrected chi connectivity index (χ3v) is 4.50. The molecule has 0 bridgehead atoms. The van der Waals surface area contributed by atoms with Crippen molar-refractivity contribution in [3.05, 3.63) is 52.7 Å². The number of para-hydroxylation sites is 1. The summed E-state index contributed by atoms with van der Waals surface area (Å²) in [6.07, 6.45) is 0.647. The number of hydrogen-bond donors (Lipinski definition) is 3. The van der Waals surface area contributed by atoms with Crippen molar-refractivity contribution in [3.8, 4) is 5.75 Å². The molecule has 0 radical (unpaired) electrons. The van der Waals surface area contributed by atoms with Crippen molar-refractivity contribution in [2.24, 2.45) is 0 Å². The molecule has 27 heavy (non-hydrogen) atoms. The summed E-state index contributed by atoms with van der Waals surface area (Å²) in [5.74, 6) is 0.873. The number of carbonyl (C=O) groups excluding carboxylic acids is 2. The first-order valence-electron chi connectivity index (χ1n) is 8.67. The van der Waals surface area contributed by atoms with Crippen LogP contribution in [0.25, 0.3) is 0 Å². The number of carbonyl (C=O) groups is 2. The molecule has 1 aromatic carbocycles. The van der Waals surface area contributed by atoms with Crippen molar-refractivity contribution in [3.63, 3.8) is 0 Å². The van der Waals surface area contributed by atoms with Crippen molar-refractivity contribution in [2.45, 2.75) is 32.4 Å². The van der Waals surface area contributed by atoms with Crippen LogP contribution in [0, 0.1) is 0 Å². The minimum atomic E-state index is -0.371. The normalized spacial score (nSPS) is 16.5. The van der Waals surface area contributed by atoms with Gasteiger partial charge < -0.3 is 15.4 Å². The highest BCUT2D eigenvalue weighted by atomic mass is 35.5. The van der Waals surface area contributed by atoms with Gasteiger partial charge in [0.05, 0.1) is 29.4 Å². The van der Waals surface area contributed by atoms with E-state index in [2.05, 4.69) is 20.9 Å². The Hall–Kier alpha value is -2.80. The predicted molar refractivity (Wildman–Crippen MR) is 103 cm³/mol. The number of anilines is 1. The molecule has 2 atom stereocenters. The largest absolute Gasteiger partial charge is 0.492 e. The molecule has 2 heterocycles. The summed E-state index contributed by atoms with van der Waals surface area (Å²) in [7, 11) is 0. The molecular weight excluding hydrogens is 368 g/mol. The number of amides is 3. The Morgan fingerprint density at radius 3 is 2.81 bits per heavy atom. The lowest BCUT2D eigenvalue weighted by atomic mass is 10.0. The van der Waals surface area contributed by atoms with E-state index >= 15 is 0 Å². The van der Waals surface area contributed by atoms with Crippen molar-refractivity contribution >= 4 is 29.4 Å². The van der Waals surface area contributed by atoms with E-state index in [4.69, 9.17) is 16.3 Å². The average molecular weight is 389 g/mol. The molecule has 3 rings (SSSR count). The zero-order valence-electron chi connectivity index (χ0n) is 15.1. The first kappa shape index (κ1) is 19.0. The van der Waals surface area contributed by atoms with Gasteiger partial charge in [0, 0.05) is 18.9 Å². The number of nitrogens with zero attached hydrogens (tertiary/aromatic N) is 1. The van der Waals surface area contributed by atoms with E-state index in [1.807, 2.05) is 19.1 Å². The molecule has 1 aromatic heterocycles. The SMILES string of the molecule is CC(=O)N[C@H](C)c1cccc(NC(=O)N[C@H]2CCOc3c(Cl)cccc32)n1. The van der Waals surface area contributed by atoms with Gasteiger partial charge >= 0.3 is 6.03 Å². The zero-order chi connectivity index (χ0) is 19.4. The number of nitrogens with one attached hydrogen (secondary N) is 3. The molecular formula is C19H21ClN4O3. The van der Waals surface area contributed by atoms with E-state index in [1.54, 1.807) is 24.3 Å². The highest BCUT2D eigenvalue weighted by Gasteiger charge is 2.24. The lowest BCUT2D eigenvalue weighted by Gasteiger charge is -2.27. The maximum atomic E-state index is 12.4. The van der Waals surface area contributed by atoms with Gasteiger partial charge in [-0.3, -0.25) is 10.1 Å². The number of fused-ring (bicyclic) bond motifs is 1. The standard InChI is InChI=1S/C19H21ClN4O3/c1-11(21-12(2)25)15-7-4-8-17(22-15)24-19(26)23-16-9-10-27-18-13(16)5-3-6-14(18)20/h3-8,11,16H,9-10H2,1-2H3,(H,21,25)(H2,22,23,24,26)/t11-,16+/m1/s1. The Bertz CT molecular complexity index is 859. The van der Waals surface area contributed by atoms with Gasteiger partial charge in [-0.1, -0.05) is 29.8 Å². The topological polar surface area (TPSA) is 92.4 Å². The van der Waals surface area contributed by atoms with E-state index in [0.717, 1.165) is 5.56 Å². The predicted octanol–water partition coefficient (Wildman–Crippen LogP) is 3.58. The van der Waals surface area contributed by atoms with Gasteiger partial charge in [-0.15, -0.1) is 0 Å². The van der Waals surface area contributed by atoms with Crippen LogP contribution in [-0.2, 0) is 4.79 Å². The summed E-state index contributed by atoms with van der Waals surface area (Å²) in [5.41, 5.74) is 1.51. The van der Waals surface area contributed by atoms with Crippen molar-refractivity contribution in [2.75, 3.05) is 11.9 Å². The molecule has 0 aliphatic carbocycles. The van der Waals surface area contributed by atoms with Crippen molar-refractivity contribution < 1.29 is 14.3 Å². The second kappa shape index (κ2) is 8.26. The minimum absolute atomic E-state index is 0.141. The zero-order valence-corrected chi connectivity index (χ0v) is 15.8. The molecule has 1 aliphatic rings. The third kappa shape index (κ3) is 4.68. The van der Waals surface area contributed by atoms with E-state index in [0.29, 0.717) is 35.3 Å². The highest BCUT2D eigenvalue weighted by molar-refractivity contribution is 6.32. The molecule has 142 valence electrons. The van der Waals surface area contributed by atoms with Crippen LogP contribution in [0.15, 0.2) is 36.4 Å².